The molecule has 5 N–H and O–H groups in total. The molecule has 0 fully saturated rings. The van der Waals surface area contributed by atoms with E-state index in [0.717, 1.165) is 0 Å². The third-order valence-electron chi connectivity index (χ3n) is 1.05. The summed E-state index contributed by atoms with van der Waals surface area (Å²) in [7, 11) is -4.45. The fraction of sp³-hybridized carbons (Fsp3) is 1.00. The van der Waals surface area contributed by atoms with Gasteiger partial charge in [0.15, 0.2) is 0 Å². The van der Waals surface area contributed by atoms with Crippen LogP contribution < -0.4 is 5.73 Å². The van der Waals surface area contributed by atoms with Crippen LogP contribution in [-0.4, -0.2) is 33.6 Å². The number of rotatable bonds is 4. The zero-order valence-corrected chi connectivity index (χ0v) is 6.94. The van der Waals surface area contributed by atoms with E-state index in [4.69, 9.17) is 20.6 Å². The average molecular weight is 185 g/mol. The van der Waals surface area contributed by atoms with Gasteiger partial charge < -0.3 is 20.6 Å². The van der Waals surface area contributed by atoms with Crippen LogP contribution in [0.15, 0.2) is 0 Å². The van der Waals surface area contributed by atoms with E-state index in [0.29, 0.717) is 0 Å². The minimum atomic E-state index is -4.45. The molecule has 0 saturated heterocycles. The first kappa shape index (κ1) is 11.0. The molecule has 0 spiro atoms. The first-order valence-electron chi connectivity index (χ1n) is 2.96. The van der Waals surface area contributed by atoms with E-state index in [-0.39, 0.29) is 6.61 Å². The lowest BCUT2D eigenvalue weighted by Gasteiger charge is -2.14. The van der Waals surface area contributed by atoms with Crippen LogP contribution in [0.1, 0.15) is 6.92 Å². The predicted molar refractivity (Wildman–Crippen MR) is 37.7 cm³/mol. The molecule has 2 atom stereocenters. The molecule has 0 bridgehead atoms. The molecule has 0 aliphatic heterocycles. The van der Waals surface area contributed by atoms with Crippen LogP contribution in [-0.2, 0) is 9.09 Å². The predicted octanol–water partition coefficient (Wildman–Crippen LogP) is -1.20. The van der Waals surface area contributed by atoms with E-state index < -0.39 is 20.0 Å². The number of hydrogen-bond donors (Lipinski definition) is 4. The van der Waals surface area contributed by atoms with Gasteiger partial charge in [0.1, 0.15) is 0 Å². The van der Waals surface area contributed by atoms with Crippen LogP contribution in [0, 0.1) is 0 Å². The Hall–Kier alpha value is 0.0300. The molecule has 0 rings (SSSR count). The molecule has 11 heavy (non-hydrogen) atoms. The van der Waals surface area contributed by atoms with Gasteiger partial charge in [-0.05, 0) is 6.92 Å². The van der Waals surface area contributed by atoms with E-state index >= 15 is 0 Å². The summed E-state index contributed by atoms with van der Waals surface area (Å²) in [5.41, 5.74) is 5.21. The molecule has 0 aromatic carbocycles. The first-order valence-corrected chi connectivity index (χ1v) is 4.49. The molecule has 7 heteroatoms. The van der Waals surface area contributed by atoms with Crippen LogP contribution in [0.5, 0.6) is 0 Å². The van der Waals surface area contributed by atoms with Crippen molar-refractivity contribution in [1.82, 2.24) is 0 Å². The Morgan fingerprint density at radius 3 is 2.36 bits per heavy atom. The van der Waals surface area contributed by atoms with Gasteiger partial charge in [0.25, 0.3) is 0 Å². The Labute approximate surface area is 64.2 Å². The standard InChI is InChI=1S/C4H12NO5P/c1-3(6)4(5)2-10-11(7,8)9/h3-4,6H,2,5H2,1H3,(H2,7,8,9)/t3-,4+/m1/s1. The SMILES string of the molecule is C[C@@H](O)[C@@H](N)COP(=O)(O)O. The number of phosphoric ester groups is 1. The van der Waals surface area contributed by atoms with Crippen LogP contribution in [0.3, 0.4) is 0 Å². The van der Waals surface area contributed by atoms with Gasteiger partial charge >= 0.3 is 7.82 Å². The Morgan fingerprint density at radius 2 is 2.09 bits per heavy atom. The van der Waals surface area contributed by atoms with Gasteiger partial charge in [-0.25, -0.2) is 4.57 Å². The summed E-state index contributed by atoms with van der Waals surface area (Å²) in [5, 5.41) is 8.76. The summed E-state index contributed by atoms with van der Waals surface area (Å²) < 4.78 is 14.1. The van der Waals surface area contributed by atoms with Crippen molar-refractivity contribution < 1.29 is 24.0 Å². The maximum atomic E-state index is 10.1. The van der Waals surface area contributed by atoms with Crippen molar-refractivity contribution in [2.45, 2.75) is 19.1 Å². The fourth-order valence-corrected chi connectivity index (χ4v) is 0.689. The van der Waals surface area contributed by atoms with Gasteiger partial charge in [-0.2, -0.15) is 0 Å². The largest absolute Gasteiger partial charge is 0.469 e. The van der Waals surface area contributed by atoms with Crippen LogP contribution in [0.4, 0.5) is 0 Å². The summed E-state index contributed by atoms with van der Waals surface area (Å²) in [6.07, 6.45) is -0.846. The minimum absolute atomic E-state index is 0.359. The normalized spacial score (nSPS) is 17.9. The highest BCUT2D eigenvalue weighted by atomic mass is 31.2. The van der Waals surface area contributed by atoms with Crippen LogP contribution in [0.2, 0.25) is 0 Å². The zero-order chi connectivity index (χ0) is 9.07. The van der Waals surface area contributed by atoms with Crippen molar-refractivity contribution >= 4 is 7.82 Å². The molecule has 0 aromatic heterocycles. The summed E-state index contributed by atoms with van der Waals surface area (Å²) in [6.45, 7) is 1.05. The van der Waals surface area contributed by atoms with Gasteiger partial charge in [0.05, 0.1) is 18.8 Å². The van der Waals surface area contributed by atoms with Gasteiger partial charge in [-0.3, -0.25) is 4.52 Å². The molecular weight excluding hydrogens is 173 g/mol. The Bertz CT molecular complexity index is 155. The maximum Gasteiger partial charge on any atom is 0.469 e. The highest BCUT2D eigenvalue weighted by Crippen LogP contribution is 2.35. The molecule has 68 valence electrons. The van der Waals surface area contributed by atoms with Crippen molar-refractivity contribution in [3.8, 4) is 0 Å². The third kappa shape index (κ3) is 6.43. The second-order valence-corrected chi connectivity index (χ2v) is 3.43. The molecule has 0 aromatic rings. The van der Waals surface area contributed by atoms with E-state index in [9.17, 15) is 4.57 Å². The molecule has 0 aliphatic rings. The van der Waals surface area contributed by atoms with Crippen LogP contribution >= 0.6 is 7.82 Å². The van der Waals surface area contributed by atoms with Gasteiger partial charge in [-0.1, -0.05) is 0 Å². The van der Waals surface area contributed by atoms with Crippen molar-refractivity contribution in [3.63, 3.8) is 0 Å². The Kier molecular flexibility index (Phi) is 4.17. The highest BCUT2D eigenvalue weighted by Gasteiger charge is 2.18. The van der Waals surface area contributed by atoms with Gasteiger partial charge in [0.2, 0.25) is 0 Å². The lowest BCUT2D eigenvalue weighted by Crippen LogP contribution is -2.36. The second kappa shape index (κ2) is 4.15. The van der Waals surface area contributed by atoms with Crippen molar-refractivity contribution in [2.24, 2.45) is 5.73 Å². The average Bonchev–Trinajstić information content (AvgIpc) is 1.80. The van der Waals surface area contributed by atoms with Crippen molar-refractivity contribution in [3.05, 3.63) is 0 Å². The maximum absolute atomic E-state index is 10.1. The Balaban J connectivity index is 3.63. The quantitative estimate of drug-likeness (QED) is 0.409. The molecule has 0 amide bonds. The van der Waals surface area contributed by atoms with Crippen LogP contribution in [0.25, 0.3) is 0 Å². The fourth-order valence-electron chi connectivity index (χ4n) is 0.322. The molecule has 0 saturated carbocycles. The number of phosphoric acid groups is 1. The number of nitrogens with two attached hydrogens (primary N) is 1. The summed E-state index contributed by atoms with van der Waals surface area (Å²) in [4.78, 5) is 16.4. The second-order valence-electron chi connectivity index (χ2n) is 2.19. The van der Waals surface area contributed by atoms with Gasteiger partial charge in [-0.15, -0.1) is 0 Å². The lowest BCUT2D eigenvalue weighted by atomic mass is 10.2. The number of aliphatic hydroxyl groups is 1. The zero-order valence-electron chi connectivity index (χ0n) is 6.04. The Morgan fingerprint density at radius 1 is 1.64 bits per heavy atom. The number of hydrogen-bond acceptors (Lipinski definition) is 4. The molecule has 0 aliphatic carbocycles. The van der Waals surface area contributed by atoms with E-state index in [1.165, 1.54) is 6.92 Å². The molecule has 0 unspecified atom stereocenters. The van der Waals surface area contributed by atoms with E-state index in [2.05, 4.69) is 4.52 Å². The first-order chi connectivity index (χ1) is 4.83. The summed E-state index contributed by atoms with van der Waals surface area (Å²) >= 11 is 0. The third-order valence-corrected chi connectivity index (χ3v) is 1.54. The smallest absolute Gasteiger partial charge is 0.392 e. The van der Waals surface area contributed by atoms with E-state index in [1.54, 1.807) is 0 Å². The molecule has 0 radical (unpaired) electrons. The molecule has 6 nitrogen and oxygen atoms in total. The topological polar surface area (TPSA) is 113 Å². The van der Waals surface area contributed by atoms with Crippen molar-refractivity contribution in [2.75, 3.05) is 6.61 Å². The summed E-state index contributed by atoms with van der Waals surface area (Å²) in [6, 6.07) is -0.775. The van der Waals surface area contributed by atoms with Crippen molar-refractivity contribution in [1.29, 1.82) is 0 Å². The molecular formula is C4H12NO5P. The highest BCUT2D eigenvalue weighted by molar-refractivity contribution is 7.46. The van der Waals surface area contributed by atoms with Gasteiger partial charge in [0, 0.05) is 0 Å². The summed E-state index contributed by atoms with van der Waals surface area (Å²) in [5.74, 6) is 0. The lowest BCUT2D eigenvalue weighted by molar-refractivity contribution is 0.113. The molecule has 0 heterocycles. The number of aliphatic hydroxyl groups excluding tert-OH is 1. The van der Waals surface area contributed by atoms with E-state index in [1.807, 2.05) is 0 Å². The monoisotopic (exact) mass is 185 g/mol. The minimum Gasteiger partial charge on any atom is -0.392 e.